The number of halogens is 1. The van der Waals surface area contributed by atoms with Gasteiger partial charge in [0.2, 0.25) is 5.17 Å². The fourth-order valence-electron chi connectivity index (χ4n) is 3.17. The van der Waals surface area contributed by atoms with Gasteiger partial charge >= 0.3 is 10.1 Å². The van der Waals surface area contributed by atoms with E-state index in [1.165, 1.54) is 48.2 Å². The number of carbonyl (C=O) groups excluding carboxylic acids is 1. The van der Waals surface area contributed by atoms with Crippen LogP contribution in [0.1, 0.15) is 25.0 Å². The summed E-state index contributed by atoms with van der Waals surface area (Å²) in [6, 6.07) is 9.35. The van der Waals surface area contributed by atoms with Gasteiger partial charge in [0.05, 0.1) is 17.2 Å². The van der Waals surface area contributed by atoms with Crippen molar-refractivity contribution in [3.63, 3.8) is 0 Å². The second-order valence-corrected chi connectivity index (χ2v) is 11.4. The smallest absolute Gasteiger partial charge is 0.339 e. The molecule has 35 heavy (non-hydrogen) atoms. The van der Waals surface area contributed by atoms with E-state index >= 15 is 0 Å². The molecule has 0 bridgehead atoms. The quantitative estimate of drug-likeness (QED) is 0.386. The number of ether oxygens (including phenoxy) is 1. The number of thioether (sulfide) groups is 1. The highest BCUT2D eigenvalue weighted by atomic mass is 79.9. The summed E-state index contributed by atoms with van der Waals surface area (Å²) in [5.74, 6) is -0.445. The third kappa shape index (κ3) is 5.04. The minimum absolute atomic E-state index is 0.00275. The first-order valence-corrected chi connectivity index (χ1v) is 13.4. The molecule has 182 valence electrons. The zero-order chi connectivity index (χ0) is 25.5. The maximum atomic E-state index is 12.8. The predicted molar refractivity (Wildman–Crippen MR) is 140 cm³/mol. The average molecular weight is 577 g/mol. The molecular weight excluding hydrogens is 556 g/mol. The number of fused-ring (bicyclic) bond motifs is 1. The zero-order valence-corrected chi connectivity index (χ0v) is 22.4. The van der Waals surface area contributed by atoms with Gasteiger partial charge in [0, 0.05) is 5.92 Å². The van der Waals surface area contributed by atoms with Gasteiger partial charge in [0.1, 0.15) is 9.94 Å². The van der Waals surface area contributed by atoms with Gasteiger partial charge in [-0.3, -0.25) is 10.2 Å². The Morgan fingerprint density at radius 3 is 2.51 bits per heavy atom. The van der Waals surface area contributed by atoms with Crippen molar-refractivity contribution in [2.45, 2.75) is 25.7 Å². The minimum atomic E-state index is -4.12. The molecule has 2 aliphatic heterocycles. The van der Waals surface area contributed by atoms with Crippen LogP contribution in [-0.2, 0) is 14.9 Å². The minimum Gasteiger partial charge on any atom is -0.493 e. The lowest BCUT2D eigenvalue weighted by molar-refractivity contribution is -0.114. The summed E-state index contributed by atoms with van der Waals surface area (Å²) in [6.07, 6.45) is 1.48. The molecule has 4 rings (SSSR count). The third-order valence-electron chi connectivity index (χ3n) is 5.03. The second kappa shape index (κ2) is 9.59. The number of aryl methyl sites for hydroxylation is 1. The van der Waals surface area contributed by atoms with Crippen molar-refractivity contribution < 1.29 is 22.1 Å². The standard InChI is InChI=1S/C23H21BrN4O5S2/c1-12(2)22-27-28-20(25)16(21(29)26-23(28)34-22)9-14-10-17(24)19(18(11-14)32-4)33-35(30,31)15-7-5-13(3)6-8-15/h5-12,25H,1-4H3. The van der Waals surface area contributed by atoms with Crippen LogP contribution in [0.15, 0.2) is 61.4 Å². The Morgan fingerprint density at radius 1 is 1.20 bits per heavy atom. The van der Waals surface area contributed by atoms with Crippen LogP contribution in [0, 0.1) is 18.3 Å². The molecule has 0 fully saturated rings. The van der Waals surface area contributed by atoms with Crippen molar-refractivity contribution in [2.75, 3.05) is 7.11 Å². The molecule has 0 saturated heterocycles. The number of amidine groups is 2. The Hall–Kier alpha value is -2.96. The average Bonchev–Trinajstić information content (AvgIpc) is 3.23. The summed E-state index contributed by atoms with van der Waals surface area (Å²) in [4.78, 5) is 16.7. The summed E-state index contributed by atoms with van der Waals surface area (Å²) in [7, 11) is -2.75. The molecule has 12 heteroatoms. The molecule has 0 saturated carbocycles. The highest BCUT2D eigenvalue weighted by molar-refractivity contribution is 9.10. The lowest BCUT2D eigenvalue weighted by Crippen LogP contribution is -2.35. The summed E-state index contributed by atoms with van der Waals surface area (Å²) >= 11 is 4.61. The van der Waals surface area contributed by atoms with Gasteiger partial charge in [-0.05, 0) is 70.5 Å². The van der Waals surface area contributed by atoms with E-state index in [-0.39, 0.29) is 38.2 Å². The summed E-state index contributed by atoms with van der Waals surface area (Å²) in [6.45, 7) is 5.80. The van der Waals surface area contributed by atoms with Crippen LogP contribution in [0.4, 0.5) is 0 Å². The van der Waals surface area contributed by atoms with Crippen molar-refractivity contribution in [3.8, 4) is 11.5 Å². The van der Waals surface area contributed by atoms with Crippen LogP contribution >= 0.6 is 27.7 Å². The molecule has 2 aromatic carbocycles. The molecule has 0 atom stereocenters. The van der Waals surface area contributed by atoms with Crippen molar-refractivity contribution in [3.05, 3.63) is 57.6 Å². The molecule has 0 unspecified atom stereocenters. The Morgan fingerprint density at radius 2 is 1.89 bits per heavy atom. The van der Waals surface area contributed by atoms with E-state index in [0.29, 0.717) is 10.7 Å². The van der Waals surface area contributed by atoms with Crippen LogP contribution in [0.25, 0.3) is 6.08 Å². The molecule has 0 aliphatic carbocycles. The number of nitrogens with zero attached hydrogens (tertiary/aromatic N) is 3. The number of methoxy groups -OCH3 is 1. The van der Waals surface area contributed by atoms with Crippen molar-refractivity contribution in [1.82, 2.24) is 5.01 Å². The number of rotatable bonds is 6. The normalized spacial score (nSPS) is 17.0. The first-order valence-electron chi connectivity index (χ1n) is 10.4. The van der Waals surface area contributed by atoms with Crippen LogP contribution in [-0.4, -0.2) is 42.5 Å². The van der Waals surface area contributed by atoms with Gasteiger partial charge in [-0.15, -0.1) is 0 Å². The Kier molecular flexibility index (Phi) is 6.89. The van der Waals surface area contributed by atoms with Crippen molar-refractivity contribution >= 4 is 65.8 Å². The van der Waals surface area contributed by atoms with Gasteiger partial charge in [-0.2, -0.15) is 23.5 Å². The number of benzene rings is 2. The van der Waals surface area contributed by atoms with Crippen molar-refractivity contribution in [2.24, 2.45) is 16.0 Å². The molecule has 2 aliphatic rings. The van der Waals surface area contributed by atoms with Gasteiger partial charge < -0.3 is 8.92 Å². The highest BCUT2D eigenvalue weighted by Crippen LogP contribution is 2.39. The zero-order valence-electron chi connectivity index (χ0n) is 19.2. The Balaban J connectivity index is 1.68. The van der Waals surface area contributed by atoms with E-state index < -0.39 is 16.0 Å². The number of hydrogen-bond donors (Lipinski definition) is 1. The number of hydrazone groups is 1. The number of nitrogens with one attached hydrogen (secondary N) is 1. The maximum Gasteiger partial charge on any atom is 0.339 e. The monoisotopic (exact) mass is 576 g/mol. The van der Waals surface area contributed by atoms with Gasteiger partial charge in [0.15, 0.2) is 17.3 Å². The first-order chi connectivity index (χ1) is 16.5. The van der Waals surface area contributed by atoms with E-state index in [1.54, 1.807) is 18.2 Å². The molecule has 0 spiro atoms. The fourth-order valence-corrected chi connectivity index (χ4v) is 5.67. The van der Waals surface area contributed by atoms with Gasteiger partial charge in [0.25, 0.3) is 5.91 Å². The van der Waals surface area contributed by atoms with Crippen LogP contribution < -0.4 is 8.92 Å². The summed E-state index contributed by atoms with van der Waals surface area (Å²) in [5.41, 5.74) is 1.43. The lowest BCUT2D eigenvalue weighted by atomic mass is 10.1. The Labute approximate surface area is 215 Å². The SMILES string of the molecule is COc1cc(C=C2C(=N)N3N=C(C(C)C)SC3=NC2=O)cc(Br)c1OS(=O)(=O)c1ccc(C)cc1. The topological polar surface area (TPSA) is 121 Å². The van der Waals surface area contributed by atoms with Crippen LogP contribution in [0.5, 0.6) is 11.5 Å². The van der Waals surface area contributed by atoms with Gasteiger partial charge in [-0.25, -0.2) is 0 Å². The Bertz CT molecular complexity index is 1430. The molecule has 2 aromatic rings. The molecule has 2 heterocycles. The molecular formula is C23H21BrN4O5S2. The third-order valence-corrected chi connectivity index (χ3v) is 8.06. The van der Waals surface area contributed by atoms with E-state index in [1.807, 2.05) is 20.8 Å². The summed E-state index contributed by atoms with van der Waals surface area (Å²) in [5, 5.41) is 15.4. The molecule has 0 aromatic heterocycles. The fraction of sp³-hybridized carbons (Fsp3) is 0.217. The van der Waals surface area contributed by atoms with Gasteiger partial charge in [-0.1, -0.05) is 31.5 Å². The predicted octanol–water partition coefficient (Wildman–Crippen LogP) is 4.81. The second-order valence-electron chi connectivity index (χ2n) is 8.00. The lowest BCUT2D eigenvalue weighted by Gasteiger charge is -2.20. The molecule has 1 N–H and O–H groups in total. The summed E-state index contributed by atoms with van der Waals surface area (Å²) < 4.78 is 36.6. The van der Waals surface area contributed by atoms with E-state index in [2.05, 4.69) is 26.0 Å². The molecule has 0 radical (unpaired) electrons. The van der Waals surface area contributed by atoms with Crippen LogP contribution in [0.3, 0.4) is 0 Å². The van der Waals surface area contributed by atoms with E-state index in [9.17, 15) is 13.2 Å². The highest BCUT2D eigenvalue weighted by Gasteiger charge is 2.36. The first kappa shape index (κ1) is 25.1. The van der Waals surface area contributed by atoms with Crippen LogP contribution in [0.2, 0.25) is 0 Å². The van der Waals surface area contributed by atoms with E-state index in [4.69, 9.17) is 14.3 Å². The number of aliphatic imine (C=N–C) groups is 1. The largest absolute Gasteiger partial charge is 0.493 e. The molecule has 1 amide bonds. The number of hydrogen-bond acceptors (Lipinski definition) is 8. The maximum absolute atomic E-state index is 12.8. The molecule has 9 nitrogen and oxygen atoms in total. The number of amides is 1. The van der Waals surface area contributed by atoms with Crippen molar-refractivity contribution in [1.29, 1.82) is 5.41 Å². The van der Waals surface area contributed by atoms with E-state index in [0.717, 1.165) is 10.6 Å². The number of carbonyl (C=O) groups is 1.